The summed E-state index contributed by atoms with van der Waals surface area (Å²) in [6.07, 6.45) is 10.8. The van der Waals surface area contributed by atoms with Gasteiger partial charge in [-0.2, -0.15) is 0 Å². The highest BCUT2D eigenvalue weighted by atomic mass is 15.2. The van der Waals surface area contributed by atoms with Gasteiger partial charge >= 0.3 is 0 Å². The summed E-state index contributed by atoms with van der Waals surface area (Å²) in [7, 11) is 0. The first-order valence-corrected chi connectivity index (χ1v) is 8.03. The summed E-state index contributed by atoms with van der Waals surface area (Å²) in [6, 6.07) is 0.876. The van der Waals surface area contributed by atoms with Crippen molar-refractivity contribution in [3.8, 4) is 0 Å². The van der Waals surface area contributed by atoms with Gasteiger partial charge in [-0.15, -0.1) is 0 Å². The van der Waals surface area contributed by atoms with Crippen molar-refractivity contribution in [3.05, 3.63) is 0 Å². The van der Waals surface area contributed by atoms with Crippen LogP contribution in [0.25, 0.3) is 0 Å². The van der Waals surface area contributed by atoms with Crippen LogP contribution < -0.4 is 5.73 Å². The molecule has 2 N–H and O–H groups in total. The van der Waals surface area contributed by atoms with E-state index >= 15 is 0 Å². The predicted molar refractivity (Wildman–Crippen MR) is 80.8 cm³/mol. The second kappa shape index (κ2) is 8.16. The molecule has 2 heteroatoms. The van der Waals surface area contributed by atoms with Gasteiger partial charge in [0.15, 0.2) is 0 Å². The molecule has 1 rings (SSSR count). The Morgan fingerprint density at radius 1 is 1.22 bits per heavy atom. The molecule has 0 spiro atoms. The fourth-order valence-electron chi connectivity index (χ4n) is 3.29. The van der Waals surface area contributed by atoms with Crippen LogP contribution in [0.1, 0.15) is 72.1 Å². The zero-order valence-electron chi connectivity index (χ0n) is 12.9. The van der Waals surface area contributed by atoms with Gasteiger partial charge in [-0.25, -0.2) is 0 Å². The van der Waals surface area contributed by atoms with Gasteiger partial charge in [0.1, 0.15) is 0 Å². The fraction of sp³-hybridized carbons (Fsp3) is 1.00. The highest BCUT2D eigenvalue weighted by molar-refractivity contribution is 4.77. The fourth-order valence-corrected chi connectivity index (χ4v) is 3.29. The molecule has 1 atom stereocenters. The molecule has 108 valence electrons. The molecule has 2 nitrogen and oxygen atoms in total. The maximum Gasteiger partial charge on any atom is 0.00951 e. The summed E-state index contributed by atoms with van der Waals surface area (Å²) in [6.45, 7) is 10.5. The lowest BCUT2D eigenvalue weighted by molar-refractivity contribution is 0.130. The molecule has 18 heavy (non-hydrogen) atoms. The van der Waals surface area contributed by atoms with Gasteiger partial charge in [-0.1, -0.05) is 33.6 Å². The van der Waals surface area contributed by atoms with Crippen LogP contribution in [0.4, 0.5) is 0 Å². The largest absolute Gasteiger partial charge is 0.330 e. The van der Waals surface area contributed by atoms with E-state index in [0.29, 0.717) is 5.41 Å². The molecule has 0 aromatic rings. The van der Waals surface area contributed by atoms with Gasteiger partial charge in [0.05, 0.1) is 0 Å². The monoisotopic (exact) mass is 254 g/mol. The summed E-state index contributed by atoms with van der Waals surface area (Å²) in [5.74, 6) is 0. The summed E-state index contributed by atoms with van der Waals surface area (Å²) in [5, 5.41) is 0. The minimum atomic E-state index is 0.435. The first-order chi connectivity index (χ1) is 8.59. The molecule has 1 heterocycles. The molecular weight excluding hydrogens is 220 g/mol. The number of rotatable bonds is 8. The van der Waals surface area contributed by atoms with E-state index in [1.54, 1.807) is 0 Å². The highest BCUT2D eigenvalue weighted by Gasteiger charge is 2.22. The van der Waals surface area contributed by atoms with Crippen molar-refractivity contribution >= 4 is 0 Å². The van der Waals surface area contributed by atoms with Gasteiger partial charge in [0.2, 0.25) is 0 Å². The van der Waals surface area contributed by atoms with E-state index in [2.05, 4.69) is 25.7 Å². The lowest BCUT2D eigenvalue weighted by Gasteiger charge is -2.36. The first kappa shape index (κ1) is 16.0. The molecular formula is C16H34N2. The maximum atomic E-state index is 5.68. The van der Waals surface area contributed by atoms with E-state index in [1.807, 2.05) is 0 Å². The third kappa shape index (κ3) is 5.71. The van der Waals surface area contributed by atoms with Crippen LogP contribution in [0.5, 0.6) is 0 Å². The molecule has 1 aliphatic rings. The van der Waals surface area contributed by atoms with Gasteiger partial charge in [-0.3, -0.25) is 0 Å². The Morgan fingerprint density at radius 3 is 2.67 bits per heavy atom. The quantitative estimate of drug-likeness (QED) is 0.714. The van der Waals surface area contributed by atoms with Gasteiger partial charge < -0.3 is 10.6 Å². The Morgan fingerprint density at radius 2 is 2.00 bits per heavy atom. The Labute approximate surface area is 114 Å². The molecule has 0 saturated carbocycles. The molecule has 0 aliphatic carbocycles. The second-order valence-corrected chi connectivity index (χ2v) is 6.78. The van der Waals surface area contributed by atoms with Crippen LogP contribution in [0.3, 0.4) is 0 Å². The minimum absolute atomic E-state index is 0.435. The van der Waals surface area contributed by atoms with Crippen LogP contribution in [0.15, 0.2) is 0 Å². The predicted octanol–water partition coefficient (Wildman–Crippen LogP) is 3.80. The van der Waals surface area contributed by atoms with E-state index in [0.717, 1.165) is 19.0 Å². The third-order valence-corrected chi connectivity index (χ3v) is 4.49. The van der Waals surface area contributed by atoms with E-state index in [-0.39, 0.29) is 0 Å². The summed E-state index contributed by atoms with van der Waals surface area (Å²) in [4.78, 5) is 2.76. The maximum absolute atomic E-state index is 5.68. The lowest BCUT2D eigenvalue weighted by Crippen LogP contribution is -2.40. The third-order valence-electron chi connectivity index (χ3n) is 4.49. The van der Waals surface area contributed by atoms with Crippen molar-refractivity contribution in [2.45, 2.75) is 78.2 Å². The molecule has 0 bridgehead atoms. The van der Waals surface area contributed by atoms with Crippen molar-refractivity contribution in [1.29, 1.82) is 0 Å². The number of likely N-dealkylation sites (tertiary alicyclic amines) is 1. The van der Waals surface area contributed by atoms with Crippen molar-refractivity contribution < 1.29 is 0 Å². The summed E-state index contributed by atoms with van der Waals surface area (Å²) in [5.41, 5.74) is 6.12. The molecule has 0 radical (unpaired) electrons. The normalized spacial score (nSPS) is 22.3. The van der Waals surface area contributed by atoms with Gasteiger partial charge in [-0.05, 0) is 63.6 Å². The topological polar surface area (TPSA) is 29.3 Å². The highest BCUT2D eigenvalue weighted by Crippen LogP contribution is 2.27. The van der Waals surface area contributed by atoms with Crippen LogP contribution in [0, 0.1) is 5.41 Å². The number of nitrogens with two attached hydrogens (primary N) is 1. The van der Waals surface area contributed by atoms with Crippen molar-refractivity contribution in [3.63, 3.8) is 0 Å². The Hall–Kier alpha value is -0.0800. The molecule has 0 aromatic carbocycles. The zero-order valence-corrected chi connectivity index (χ0v) is 12.9. The van der Waals surface area contributed by atoms with Crippen LogP contribution in [-0.4, -0.2) is 30.6 Å². The zero-order chi connectivity index (χ0) is 13.4. The molecule has 1 unspecified atom stereocenters. The van der Waals surface area contributed by atoms with Crippen LogP contribution in [0.2, 0.25) is 0 Å². The Bertz CT molecular complexity index is 211. The van der Waals surface area contributed by atoms with E-state index in [9.17, 15) is 0 Å². The Kier molecular flexibility index (Phi) is 7.25. The average molecular weight is 254 g/mol. The van der Waals surface area contributed by atoms with Crippen molar-refractivity contribution in [1.82, 2.24) is 4.90 Å². The molecule has 0 aromatic heterocycles. The smallest absolute Gasteiger partial charge is 0.00951 e. The number of nitrogens with zero attached hydrogens (tertiary/aromatic N) is 1. The summed E-state index contributed by atoms with van der Waals surface area (Å²) >= 11 is 0. The van der Waals surface area contributed by atoms with Crippen LogP contribution >= 0.6 is 0 Å². The SMILES string of the molecule is CCCC1CCCCN1CCCC(C)(C)CCN. The van der Waals surface area contributed by atoms with E-state index in [4.69, 9.17) is 5.73 Å². The molecule has 0 amide bonds. The minimum Gasteiger partial charge on any atom is -0.330 e. The lowest BCUT2D eigenvalue weighted by atomic mass is 9.84. The van der Waals surface area contributed by atoms with Gasteiger partial charge in [0.25, 0.3) is 0 Å². The standard InChI is InChI=1S/C16H34N2/c1-4-8-15-9-5-6-13-18(15)14-7-10-16(2,3)11-12-17/h15H,4-14,17H2,1-3H3. The van der Waals surface area contributed by atoms with E-state index < -0.39 is 0 Å². The average Bonchev–Trinajstić information content (AvgIpc) is 2.31. The van der Waals surface area contributed by atoms with Gasteiger partial charge in [0, 0.05) is 6.04 Å². The van der Waals surface area contributed by atoms with Crippen LogP contribution in [-0.2, 0) is 0 Å². The molecule has 1 saturated heterocycles. The second-order valence-electron chi connectivity index (χ2n) is 6.78. The molecule has 1 aliphatic heterocycles. The Balaban J connectivity index is 2.27. The van der Waals surface area contributed by atoms with Crippen molar-refractivity contribution in [2.24, 2.45) is 11.1 Å². The summed E-state index contributed by atoms with van der Waals surface area (Å²) < 4.78 is 0. The van der Waals surface area contributed by atoms with Crippen molar-refractivity contribution in [2.75, 3.05) is 19.6 Å². The van der Waals surface area contributed by atoms with E-state index in [1.165, 1.54) is 58.0 Å². The molecule has 1 fully saturated rings. The number of hydrogen-bond donors (Lipinski definition) is 1. The number of piperidine rings is 1. The first-order valence-electron chi connectivity index (χ1n) is 8.03. The number of hydrogen-bond acceptors (Lipinski definition) is 2.